The summed E-state index contributed by atoms with van der Waals surface area (Å²) in [5.41, 5.74) is 0. The summed E-state index contributed by atoms with van der Waals surface area (Å²) in [5.74, 6) is 1.45. The maximum atomic E-state index is 10.2. The molecule has 0 radical (unpaired) electrons. The molecule has 1 atom stereocenters. The molecule has 2 N–H and O–H groups in total. The zero-order valence-corrected chi connectivity index (χ0v) is 10.2. The molecular weight excluding hydrogens is 284 g/mol. The molecule has 0 aliphatic carbocycles. The van der Waals surface area contributed by atoms with Crippen LogP contribution >= 0.6 is 12.6 Å². The fourth-order valence-electron chi connectivity index (χ4n) is 0.308. The molecule has 0 rings (SSSR count). The van der Waals surface area contributed by atoms with Crippen molar-refractivity contribution in [1.29, 1.82) is 0 Å². The number of carboxylic acid groups (broad SMARTS) is 1. The molecule has 0 aromatic rings. The van der Waals surface area contributed by atoms with Gasteiger partial charge in [-0.15, -0.1) is 0 Å². The fraction of sp³-hybridized carbons (Fsp3) is 0.750. The van der Waals surface area contributed by atoms with Gasteiger partial charge >= 0.3 is 82.7 Å². The molecular formula is C4H11NO2SSe2. The number of nitrogens with one attached hydrogen (secondary N) is 1. The SMILES string of the molecule is C[Se]NC(CS)C(=O)O.[SeH2]. The van der Waals surface area contributed by atoms with Crippen molar-refractivity contribution in [2.75, 3.05) is 5.75 Å². The van der Waals surface area contributed by atoms with E-state index in [1.807, 2.05) is 5.82 Å². The molecule has 1 unspecified atom stereocenters. The molecule has 10 heavy (non-hydrogen) atoms. The number of hydrogen-bond donors (Lipinski definition) is 3. The van der Waals surface area contributed by atoms with Crippen LogP contribution in [0.4, 0.5) is 0 Å². The van der Waals surface area contributed by atoms with Crippen LogP contribution in [0.2, 0.25) is 5.82 Å². The van der Waals surface area contributed by atoms with Gasteiger partial charge in [0, 0.05) is 0 Å². The van der Waals surface area contributed by atoms with E-state index in [0.29, 0.717) is 5.75 Å². The first-order valence-electron chi connectivity index (χ1n) is 2.34. The van der Waals surface area contributed by atoms with E-state index in [4.69, 9.17) is 5.11 Å². The van der Waals surface area contributed by atoms with Crippen molar-refractivity contribution in [3.63, 3.8) is 0 Å². The van der Waals surface area contributed by atoms with E-state index in [1.165, 1.54) is 0 Å². The third kappa shape index (κ3) is 5.59. The summed E-state index contributed by atoms with van der Waals surface area (Å²) in [5, 5.41) is 8.40. The zero-order valence-electron chi connectivity index (χ0n) is 5.50. The molecule has 0 fully saturated rings. The van der Waals surface area contributed by atoms with Gasteiger partial charge in [0.2, 0.25) is 0 Å². The number of thiol groups is 1. The average molecular weight is 295 g/mol. The van der Waals surface area contributed by atoms with Crippen LogP contribution in [0.3, 0.4) is 0 Å². The fourth-order valence-corrected chi connectivity index (χ4v) is 1.82. The molecule has 0 aromatic carbocycles. The summed E-state index contributed by atoms with van der Waals surface area (Å²) in [7, 11) is 0. The Balaban J connectivity index is 0. The summed E-state index contributed by atoms with van der Waals surface area (Å²) in [6, 6.07) is -0.474. The number of carboxylic acids is 1. The number of carbonyl (C=O) groups is 1. The Kier molecular flexibility index (Phi) is 10.6. The van der Waals surface area contributed by atoms with Crippen LogP contribution in [0.25, 0.3) is 0 Å². The van der Waals surface area contributed by atoms with Crippen LogP contribution in [0, 0.1) is 0 Å². The molecule has 62 valence electrons. The predicted molar refractivity (Wildman–Crippen MR) is 48.6 cm³/mol. The van der Waals surface area contributed by atoms with Gasteiger partial charge in [-0.25, -0.2) is 0 Å². The van der Waals surface area contributed by atoms with Crippen molar-refractivity contribution >= 4 is 50.8 Å². The summed E-state index contributed by atoms with van der Waals surface area (Å²) >= 11 is 4.06. The minimum atomic E-state index is -0.825. The maximum absolute atomic E-state index is 10.2. The Morgan fingerprint density at radius 2 is 2.40 bits per heavy atom. The quantitative estimate of drug-likeness (QED) is 0.447. The third-order valence-electron chi connectivity index (χ3n) is 0.741. The standard InChI is InChI=1S/C4H9NO2SSe.H2Se/c1-9-5-3(2-8)4(6)7;/h3,5,8H,2H2,1H3,(H,6,7);1H2. The second-order valence-corrected chi connectivity index (χ2v) is 3.11. The Hall–Kier alpha value is 0.819. The van der Waals surface area contributed by atoms with E-state index in [0.717, 1.165) is 0 Å². The van der Waals surface area contributed by atoms with Gasteiger partial charge in [0.1, 0.15) is 0 Å². The van der Waals surface area contributed by atoms with Crippen molar-refractivity contribution < 1.29 is 9.90 Å². The Bertz CT molecular complexity index is 103. The molecule has 0 heterocycles. The van der Waals surface area contributed by atoms with Gasteiger partial charge in [0.25, 0.3) is 0 Å². The Labute approximate surface area is 82.6 Å². The molecule has 0 aliphatic rings. The molecule has 0 aromatic heterocycles. The molecule has 0 saturated heterocycles. The number of hydrogen-bond acceptors (Lipinski definition) is 3. The van der Waals surface area contributed by atoms with Gasteiger partial charge in [-0.05, 0) is 0 Å². The van der Waals surface area contributed by atoms with Crippen molar-refractivity contribution in [2.45, 2.75) is 11.9 Å². The van der Waals surface area contributed by atoms with Gasteiger partial charge in [-0.1, -0.05) is 0 Å². The van der Waals surface area contributed by atoms with Crippen LogP contribution in [-0.2, 0) is 4.79 Å². The van der Waals surface area contributed by atoms with Crippen molar-refractivity contribution in [3.05, 3.63) is 0 Å². The average Bonchev–Trinajstić information content (AvgIpc) is 1.82. The molecule has 0 saturated carbocycles. The van der Waals surface area contributed by atoms with Crippen molar-refractivity contribution in [1.82, 2.24) is 4.33 Å². The van der Waals surface area contributed by atoms with Gasteiger partial charge < -0.3 is 0 Å². The molecule has 0 bridgehead atoms. The van der Waals surface area contributed by atoms with Gasteiger partial charge in [-0.3, -0.25) is 0 Å². The second-order valence-electron chi connectivity index (χ2n) is 1.40. The first-order chi connectivity index (χ1) is 4.22. The van der Waals surface area contributed by atoms with Crippen molar-refractivity contribution in [3.8, 4) is 0 Å². The van der Waals surface area contributed by atoms with E-state index in [-0.39, 0.29) is 32.2 Å². The monoisotopic (exact) mass is 297 g/mol. The van der Waals surface area contributed by atoms with Crippen LogP contribution < -0.4 is 4.33 Å². The summed E-state index contributed by atoms with van der Waals surface area (Å²) < 4.78 is 2.82. The van der Waals surface area contributed by atoms with E-state index < -0.39 is 12.0 Å². The van der Waals surface area contributed by atoms with Crippen LogP contribution in [0.5, 0.6) is 0 Å². The molecule has 0 spiro atoms. The third-order valence-corrected chi connectivity index (χ3v) is 2.20. The van der Waals surface area contributed by atoms with Gasteiger partial charge in [0.15, 0.2) is 0 Å². The zero-order chi connectivity index (χ0) is 7.28. The van der Waals surface area contributed by atoms with Crippen molar-refractivity contribution in [2.24, 2.45) is 0 Å². The van der Waals surface area contributed by atoms with Crippen LogP contribution in [0.1, 0.15) is 0 Å². The Morgan fingerprint density at radius 1 is 1.90 bits per heavy atom. The summed E-state index contributed by atoms with van der Waals surface area (Å²) in [4.78, 5) is 10.2. The van der Waals surface area contributed by atoms with E-state index in [9.17, 15) is 4.79 Å². The predicted octanol–water partition coefficient (Wildman–Crippen LogP) is -1.29. The van der Waals surface area contributed by atoms with E-state index >= 15 is 0 Å². The molecule has 6 heteroatoms. The van der Waals surface area contributed by atoms with E-state index in [1.54, 1.807) is 0 Å². The minimum absolute atomic E-state index is 0. The van der Waals surface area contributed by atoms with Gasteiger partial charge in [-0.2, -0.15) is 0 Å². The molecule has 0 aliphatic heterocycles. The topological polar surface area (TPSA) is 49.3 Å². The second kappa shape index (κ2) is 7.92. The number of aliphatic carboxylic acids is 1. The van der Waals surface area contributed by atoms with Crippen LogP contribution in [0.15, 0.2) is 0 Å². The summed E-state index contributed by atoms with van der Waals surface area (Å²) in [6.45, 7) is 0. The van der Waals surface area contributed by atoms with E-state index in [2.05, 4.69) is 17.0 Å². The number of rotatable bonds is 4. The summed E-state index contributed by atoms with van der Waals surface area (Å²) in [6.07, 6.45) is 0. The first kappa shape index (κ1) is 13.4. The first-order valence-corrected chi connectivity index (χ1v) is 5.54. The van der Waals surface area contributed by atoms with Crippen LogP contribution in [-0.4, -0.2) is 55.1 Å². The molecule has 3 nitrogen and oxygen atoms in total. The van der Waals surface area contributed by atoms with Gasteiger partial charge in [0.05, 0.1) is 0 Å². The molecule has 0 amide bonds. The Morgan fingerprint density at radius 3 is 2.50 bits per heavy atom. The normalized spacial score (nSPS) is 11.8.